The van der Waals surface area contributed by atoms with Crippen LogP contribution in [-0.4, -0.2) is 19.1 Å². The summed E-state index contributed by atoms with van der Waals surface area (Å²) in [6.07, 6.45) is 0. The highest BCUT2D eigenvalue weighted by Crippen LogP contribution is 2.23. The molecule has 2 aromatic rings. The summed E-state index contributed by atoms with van der Waals surface area (Å²) < 4.78 is 11.1. The lowest BCUT2D eigenvalue weighted by molar-refractivity contribution is -0.118. The molecule has 4 heteroatoms. The Morgan fingerprint density at radius 2 is 1.87 bits per heavy atom. The summed E-state index contributed by atoms with van der Waals surface area (Å²) in [5.74, 6) is 1.29. The summed E-state index contributed by atoms with van der Waals surface area (Å²) in [6.45, 7) is 8.53. The Labute approximate surface area is 137 Å². The molecule has 0 aromatic heterocycles. The standard InChI is InChI=1S/C19H23NO3/c1-5-22-17-8-6-7-16(11-17)20-19(21)12-23-18-10-13(2)9-14(3)15(18)4/h6-11H,5,12H2,1-4H3,(H,20,21). The highest BCUT2D eigenvalue weighted by Gasteiger charge is 2.08. The first-order valence-electron chi connectivity index (χ1n) is 7.73. The number of ether oxygens (including phenoxy) is 2. The second kappa shape index (κ2) is 7.68. The molecular formula is C19H23NO3. The lowest BCUT2D eigenvalue weighted by Crippen LogP contribution is -2.20. The Morgan fingerprint density at radius 3 is 2.61 bits per heavy atom. The number of carbonyl (C=O) groups is 1. The van der Waals surface area contributed by atoms with Gasteiger partial charge in [0.15, 0.2) is 6.61 Å². The Bertz CT molecular complexity index is 695. The fourth-order valence-corrected chi connectivity index (χ4v) is 2.32. The third-order valence-corrected chi connectivity index (χ3v) is 3.55. The minimum Gasteiger partial charge on any atom is -0.494 e. The van der Waals surface area contributed by atoms with Gasteiger partial charge in [0.05, 0.1) is 6.61 Å². The van der Waals surface area contributed by atoms with Crippen LogP contribution < -0.4 is 14.8 Å². The SMILES string of the molecule is CCOc1cccc(NC(=O)COc2cc(C)cc(C)c2C)c1. The summed E-state index contributed by atoms with van der Waals surface area (Å²) >= 11 is 0. The molecule has 122 valence electrons. The first kappa shape index (κ1) is 16.9. The fraction of sp³-hybridized carbons (Fsp3) is 0.316. The van der Waals surface area contributed by atoms with E-state index in [0.717, 1.165) is 28.2 Å². The van der Waals surface area contributed by atoms with Gasteiger partial charge in [-0.3, -0.25) is 4.79 Å². The average molecular weight is 313 g/mol. The lowest BCUT2D eigenvalue weighted by atomic mass is 10.1. The maximum Gasteiger partial charge on any atom is 0.262 e. The van der Waals surface area contributed by atoms with Gasteiger partial charge < -0.3 is 14.8 Å². The molecule has 0 spiro atoms. The van der Waals surface area contributed by atoms with E-state index in [9.17, 15) is 4.79 Å². The van der Waals surface area contributed by atoms with E-state index in [2.05, 4.69) is 11.4 Å². The minimum atomic E-state index is -0.197. The number of aryl methyl sites for hydroxylation is 2. The number of hydrogen-bond acceptors (Lipinski definition) is 3. The third-order valence-electron chi connectivity index (χ3n) is 3.55. The van der Waals surface area contributed by atoms with Gasteiger partial charge in [0, 0.05) is 11.8 Å². The molecule has 0 atom stereocenters. The molecule has 0 saturated carbocycles. The van der Waals surface area contributed by atoms with Gasteiger partial charge in [-0.05, 0) is 62.6 Å². The average Bonchev–Trinajstić information content (AvgIpc) is 2.50. The van der Waals surface area contributed by atoms with Crippen LogP contribution in [0.3, 0.4) is 0 Å². The van der Waals surface area contributed by atoms with Gasteiger partial charge in [-0.25, -0.2) is 0 Å². The summed E-state index contributed by atoms with van der Waals surface area (Å²) in [5, 5.41) is 2.82. The van der Waals surface area contributed by atoms with Gasteiger partial charge in [-0.2, -0.15) is 0 Å². The maximum absolute atomic E-state index is 12.1. The molecule has 0 bridgehead atoms. The number of rotatable bonds is 6. The van der Waals surface area contributed by atoms with E-state index >= 15 is 0 Å². The van der Waals surface area contributed by atoms with Gasteiger partial charge in [-0.1, -0.05) is 12.1 Å². The molecule has 0 fully saturated rings. The van der Waals surface area contributed by atoms with Crippen LogP contribution >= 0.6 is 0 Å². The highest BCUT2D eigenvalue weighted by atomic mass is 16.5. The summed E-state index contributed by atoms with van der Waals surface area (Å²) in [4.78, 5) is 12.1. The van der Waals surface area contributed by atoms with Crippen LogP contribution in [0.5, 0.6) is 11.5 Å². The number of hydrogen-bond donors (Lipinski definition) is 1. The van der Waals surface area contributed by atoms with E-state index in [1.54, 1.807) is 6.07 Å². The van der Waals surface area contributed by atoms with Crippen molar-refractivity contribution < 1.29 is 14.3 Å². The van der Waals surface area contributed by atoms with E-state index in [1.807, 2.05) is 52.0 Å². The largest absolute Gasteiger partial charge is 0.494 e. The number of amides is 1. The monoisotopic (exact) mass is 313 g/mol. The molecule has 23 heavy (non-hydrogen) atoms. The molecule has 2 aromatic carbocycles. The molecule has 0 unspecified atom stereocenters. The molecule has 0 heterocycles. The van der Waals surface area contributed by atoms with Gasteiger partial charge in [0.25, 0.3) is 5.91 Å². The predicted molar refractivity (Wildman–Crippen MR) is 92.4 cm³/mol. The van der Waals surface area contributed by atoms with Crippen LogP contribution in [0.15, 0.2) is 36.4 Å². The van der Waals surface area contributed by atoms with E-state index < -0.39 is 0 Å². The predicted octanol–water partition coefficient (Wildman–Crippen LogP) is 4.03. The quantitative estimate of drug-likeness (QED) is 0.876. The van der Waals surface area contributed by atoms with Crippen molar-refractivity contribution in [1.29, 1.82) is 0 Å². The van der Waals surface area contributed by atoms with Gasteiger partial charge >= 0.3 is 0 Å². The molecule has 0 aliphatic carbocycles. The number of benzene rings is 2. The summed E-state index contributed by atoms with van der Waals surface area (Å²) in [5.41, 5.74) is 4.03. The van der Waals surface area contributed by atoms with Crippen molar-refractivity contribution in [1.82, 2.24) is 0 Å². The van der Waals surface area contributed by atoms with Crippen LogP contribution in [0.2, 0.25) is 0 Å². The minimum absolute atomic E-state index is 0.0252. The lowest BCUT2D eigenvalue weighted by Gasteiger charge is -2.13. The highest BCUT2D eigenvalue weighted by molar-refractivity contribution is 5.92. The molecule has 0 aliphatic rings. The van der Waals surface area contributed by atoms with Gasteiger partial charge in [-0.15, -0.1) is 0 Å². The van der Waals surface area contributed by atoms with Crippen LogP contribution in [0.25, 0.3) is 0 Å². The zero-order valence-corrected chi connectivity index (χ0v) is 14.1. The molecular weight excluding hydrogens is 290 g/mol. The Kier molecular flexibility index (Phi) is 5.63. The molecule has 4 nitrogen and oxygen atoms in total. The Balaban J connectivity index is 1.97. The first-order chi connectivity index (χ1) is 11.0. The Morgan fingerprint density at radius 1 is 1.09 bits per heavy atom. The first-order valence-corrected chi connectivity index (χ1v) is 7.73. The fourth-order valence-electron chi connectivity index (χ4n) is 2.32. The Hall–Kier alpha value is -2.49. The molecule has 0 aliphatic heterocycles. The van der Waals surface area contributed by atoms with Crippen LogP contribution in [0, 0.1) is 20.8 Å². The van der Waals surface area contributed by atoms with Crippen LogP contribution in [0.4, 0.5) is 5.69 Å². The van der Waals surface area contributed by atoms with Crippen molar-refractivity contribution in [3.8, 4) is 11.5 Å². The summed E-state index contributed by atoms with van der Waals surface area (Å²) in [6, 6.07) is 11.4. The van der Waals surface area contributed by atoms with Crippen molar-refractivity contribution in [3.63, 3.8) is 0 Å². The van der Waals surface area contributed by atoms with Crippen molar-refractivity contribution in [2.24, 2.45) is 0 Å². The van der Waals surface area contributed by atoms with Gasteiger partial charge in [0.1, 0.15) is 11.5 Å². The number of carbonyl (C=O) groups excluding carboxylic acids is 1. The van der Waals surface area contributed by atoms with Crippen molar-refractivity contribution in [3.05, 3.63) is 53.1 Å². The smallest absolute Gasteiger partial charge is 0.262 e. The second-order valence-electron chi connectivity index (χ2n) is 5.50. The van der Waals surface area contributed by atoms with E-state index in [1.165, 1.54) is 0 Å². The van der Waals surface area contributed by atoms with E-state index in [4.69, 9.17) is 9.47 Å². The number of anilines is 1. The zero-order chi connectivity index (χ0) is 16.8. The van der Waals surface area contributed by atoms with Crippen molar-refractivity contribution >= 4 is 11.6 Å². The number of nitrogens with one attached hydrogen (secondary N) is 1. The van der Waals surface area contributed by atoms with Crippen LogP contribution in [-0.2, 0) is 4.79 Å². The zero-order valence-electron chi connectivity index (χ0n) is 14.1. The topological polar surface area (TPSA) is 47.6 Å². The molecule has 0 radical (unpaired) electrons. The van der Waals surface area contributed by atoms with Crippen molar-refractivity contribution in [2.45, 2.75) is 27.7 Å². The van der Waals surface area contributed by atoms with E-state index in [-0.39, 0.29) is 12.5 Å². The summed E-state index contributed by atoms with van der Waals surface area (Å²) in [7, 11) is 0. The molecule has 0 saturated heterocycles. The van der Waals surface area contributed by atoms with E-state index in [0.29, 0.717) is 12.3 Å². The normalized spacial score (nSPS) is 10.3. The van der Waals surface area contributed by atoms with Crippen molar-refractivity contribution in [2.75, 3.05) is 18.5 Å². The van der Waals surface area contributed by atoms with Gasteiger partial charge in [0.2, 0.25) is 0 Å². The molecule has 2 rings (SSSR count). The third kappa shape index (κ3) is 4.74. The molecule has 1 amide bonds. The maximum atomic E-state index is 12.1. The van der Waals surface area contributed by atoms with Crippen LogP contribution in [0.1, 0.15) is 23.6 Å². The second-order valence-corrected chi connectivity index (χ2v) is 5.50. The molecule has 1 N–H and O–H groups in total.